The SMILES string of the molecule is CC[C@@H](N)c1cc(F)cc(C(F)(F)F)c1.Cl. The Labute approximate surface area is 97.0 Å². The zero-order valence-corrected chi connectivity index (χ0v) is 9.33. The van der Waals surface area contributed by atoms with Crippen LogP contribution in [0.2, 0.25) is 0 Å². The summed E-state index contributed by atoms with van der Waals surface area (Å²) in [6, 6.07) is 1.81. The number of rotatable bonds is 2. The monoisotopic (exact) mass is 257 g/mol. The molecule has 0 spiro atoms. The number of nitrogens with two attached hydrogens (primary N) is 1. The fourth-order valence-corrected chi connectivity index (χ4v) is 1.23. The van der Waals surface area contributed by atoms with E-state index in [0.29, 0.717) is 12.5 Å². The van der Waals surface area contributed by atoms with Gasteiger partial charge < -0.3 is 5.73 Å². The lowest BCUT2D eigenvalue weighted by Crippen LogP contribution is -2.12. The average Bonchev–Trinajstić information content (AvgIpc) is 2.14. The Kier molecular flexibility index (Phi) is 5.22. The van der Waals surface area contributed by atoms with Gasteiger partial charge in [0.2, 0.25) is 0 Å². The highest BCUT2D eigenvalue weighted by Crippen LogP contribution is 2.31. The third kappa shape index (κ3) is 3.64. The third-order valence-electron chi connectivity index (χ3n) is 2.12. The molecule has 0 aromatic heterocycles. The molecule has 0 saturated heterocycles. The normalized spacial score (nSPS) is 13.1. The van der Waals surface area contributed by atoms with Gasteiger partial charge in [-0.3, -0.25) is 0 Å². The predicted molar refractivity (Wildman–Crippen MR) is 55.9 cm³/mol. The first-order valence-electron chi connectivity index (χ1n) is 4.48. The van der Waals surface area contributed by atoms with Crippen LogP contribution in [0.5, 0.6) is 0 Å². The summed E-state index contributed by atoms with van der Waals surface area (Å²) in [6.07, 6.45) is -4.08. The molecule has 0 bridgehead atoms. The molecule has 16 heavy (non-hydrogen) atoms. The zero-order chi connectivity index (χ0) is 11.6. The molecule has 0 radical (unpaired) electrons. The van der Waals surface area contributed by atoms with Crippen LogP contribution in [0, 0.1) is 5.82 Å². The summed E-state index contributed by atoms with van der Waals surface area (Å²) in [5.74, 6) is -0.913. The molecular formula is C10H12ClF4N. The predicted octanol–water partition coefficient (Wildman–Crippen LogP) is 3.68. The van der Waals surface area contributed by atoms with Crippen molar-refractivity contribution < 1.29 is 17.6 Å². The van der Waals surface area contributed by atoms with E-state index >= 15 is 0 Å². The highest BCUT2D eigenvalue weighted by atomic mass is 35.5. The van der Waals surface area contributed by atoms with Gasteiger partial charge in [0, 0.05) is 6.04 Å². The average molecular weight is 258 g/mol. The van der Waals surface area contributed by atoms with Gasteiger partial charge in [0.25, 0.3) is 0 Å². The van der Waals surface area contributed by atoms with E-state index in [-0.39, 0.29) is 18.0 Å². The van der Waals surface area contributed by atoms with Crippen molar-refractivity contribution in [3.8, 4) is 0 Å². The quantitative estimate of drug-likeness (QED) is 0.804. The second-order valence-electron chi connectivity index (χ2n) is 3.29. The molecule has 0 amide bonds. The molecule has 1 nitrogen and oxygen atoms in total. The van der Waals surface area contributed by atoms with Crippen LogP contribution in [0.3, 0.4) is 0 Å². The second kappa shape index (κ2) is 5.50. The Morgan fingerprint density at radius 3 is 2.25 bits per heavy atom. The summed E-state index contributed by atoms with van der Waals surface area (Å²) in [7, 11) is 0. The van der Waals surface area contributed by atoms with E-state index in [1.165, 1.54) is 0 Å². The maximum Gasteiger partial charge on any atom is 0.416 e. The van der Waals surface area contributed by atoms with Gasteiger partial charge in [-0.05, 0) is 30.2 Å². The van der Waals surface area contributed by atoms with Gasteiger partial charge in [-0.2, -0.15) is 13.2 Å². The van der Waals surface area contributed by atoms with Crippen LogP contribution in [0.15, 0.2) is 18.2 Å². The van der Waals surface area contributed by atoms with Crippen LogP contribution >= 0.6 is 12.4 Å². The van der Waals surface area contributed by atoms with Crippen molar-refractivity contribution in [1.29, 1.82) is 0 Å². The molecule has 1 aromatic rings. The summed E-state index contributed by atoms with van der Waals surface area (Å²) in [6.45, 7) is 1.73. The first-order valence-corrected chi connectivity index (χ1v) is 4.48. The molecule has 0 fully saturated rings. The smallest absolute Gasteiger partial charge is 0.324 e. The molecule has 1 atom stereocenters. The first kappa shape index (κ1) is 15.2. The van der Waals surface area contributed by atoms with Crippen molar-refractivity contribution in [3.63, 3.8) is 0 Å². The molecule has 0 aliphatic heterocycles. The Bertz CT molecular complexity index is 351. The van der Waals surface area contributed by atoms with Gasteiger partial charge in [0.15, 0.2) is 0 Å². The highest BCUT2D eigenvalue weighted by molar-refractivity contribution is 5.85. The van der Waals surface area contributed by atoms with E-state index in [0.717, 1.165) is 12.1 Å². The molecule has 0 heterocycles. The number of halogens is 5. The van der Waals surface area contributed by atoms with Gasteiger partial charge in [0.05, 0.1) is 5.56 Å². The Morgan fingerprint density at radius 2 is 1.81 bits per heavy atom. The molecule has 0 aliphatic carbocycles. The third-order valence-corrected chi connectivity index (χ3v) is 2.12. The van der Waals surface area contributed by atoms with Crippen molar-refractivity contribution in [2.75, 3.05) is 0 Å². The molecule has 0 unspecified atom stereocenters. The molecule has 0 saturated carbocycles. The van der Waals surface area contributed by atoms with Crippen molar-refractivity contribution >= 4 is 12.4 Å². The van der Waals surface area contributed by atoms with Crippen molar-refractivity contribution in [3.05, 3.63) is 35.1 Å². The topological polar surface area (TPSA) is 26.0 Å². The number of alkyl halides is 3. The van der Waals surface area contributed by atoms with E-state index in [4.69, 9.17) is 5.73 Å². The van der Waals surface area contributed by atoms with Crippen LogP contribution in [0.1, 0.15) is 30.5 Å². The van der Waals surface area contributed by atoms with E-state index < -0.39 is 23.6 Å². The summed E-state index contributed by atoms with van der Waals surface area (Å²) >= 11 is 0. The number of hydrogen-bond acceptors (Lipinski definition) is 1. The number of benzene rings is 1. The Balaban J connectivity index is 0.00000225. The maximum absolute atomic E-state index is 12.9. The fourth-order valence-electron chi connectivity index (χ4n) is 1.23. The van der Waals surface area contributed by atoms with Crippen molar-refractivity contribution in [1.82, 2.24) is 0 Å². The maximum atomic E-state index is 12.9. The van der Waals surface area contributed by atoms with Crippen molar-refractivity contribution in [2.45, 2.75) is 25.6 Å². The molecule has 1 rings (SSSR count). The lowest BCUT2D eigenvalue weighted by Gasteiger charge is -2.13. The number of hydrogen-bond donors (Lipinski definition) is 1. The van der Waals surface area contributed by atoms with E-state index in [9.17, 15) is 17.6 Å². The lowest BCUT2D eigenvalue weighted by molar-refractivity contribution is -0.137. The first-order chi connectivity index (χ1) is 6.84. The van der Waals surface area contributed by atoms with Gasteiger partial charge in [-0.25, -0.2) is 4.39 Å². The highest BCUT2D eigenvalue weighted by Gasteiger charge is 2.31. The van der Waals surface area contributed by atoms with E-state index in [1.807, 2.05) is 0 Å². The minimum absolute atomic E-state index is 0. The van der Waals surface area contributed by atoms with Crippen LogP contribution in [-0.2, 0) is 6.18 Å². The molecule has 92 valence electrons. The largest absolute Gasteiger partial charge is 0.416 e. The summed E-state index contributed by atoms with van der Waals surface area (Å²) < 4.78 is 49.8. The van der Waals surface area contributed by atoms with Crippen LogP contribution in [-0.4, -0.2) is 0 Å². The van der Waals surface area contributed by atoms with E-state index in [2.05, 4.69) is 0 Å². The van der Waals surface area contributed by atoms with E-state index in [1.54, 1.807) is 6.92 Å². The molecule has 6 heteroatoms. The molecule has 1 aromatic carbocycles. The van der Waals surface area contributed by atoms with Gasteiger partial charge in [-0.1, -0.05) is 6.92 Å². The standard InChI is InChI=1S/C10H11F4N.ClH/c1-2-9(15)6-3-7(10(12,13)14)5-8(11)4-6;/h3-5,9H,2,15H2,1H3;1H/t9-;/m1./s1. The second-order valence-corrected chi connectivity index (χ2v) is 3.29. The van der Waals surface area contributed by atoms with Gasteiger partial charge in [0.1, 0.15) is 5.82 Å². The van der Waals surface area contributed by atoms with Crippen LogP contribution < -0.4 is 5.73 Å². The van der Waals surface area contributed by atoms with Gasteiger partial charge >= 0.3 is 6.18 Å². The Hall–Kier alpha value is -0.810. The molecular weight excluding hydrogens is 246 g/mol. The summed E-state index contributed by atoms with van der Waals surface area (Å²) in [5, 5.41) is 0. The zero-order valence-electron chi connectivity index (χ0n) is 8.51. The minimum atomic E-state index is -4.54. The van der Waals surface area contributed by atoms with Crippen molar-refractivity contribution in [2.24, 2.45) is 5.73 Å². The summed E-state index contributed by atoms with van der Waals surface area (Å²) in [4.78, 5) is 0. The fraction of sp³-hybridized carbons (Fsp3) is 0.400. The molecule has 0 aliphatic rings. The van der Waals surface area contributed by atoms with Crippen LogP contribution in [0.4, 0.5) is 17.6 Å². The Morgan fingerprint density at radius 1 is 1.25 bits per heavy atom. The van der Waals surface area contributed by atoms with Gasteiger partial charge in [-0.15, -0.1) is 12.4 Å². The minimum Gasteiger partial charge on any atom is -0.324 e. The van der Waals surface area contributed by atoms with Crippen LogP contribution in [0.25, 0.3) is 0 Å². The lowest BCUT2D eigenvalue weighted by atomic mass is 10.0. The summed E-state index contributed by atoms with van der Waals surface area (Å²) in [5.41, 5.74) is 4.71. The molecule has 2 N–H and O–H groups in total.